The number of hydrogen-bond acceptors (Lipinski definition) is 5. The molecule has 2 aliphatic heterocycles. The fraction of sp³-hybridized carbons (Fsp3) is 0.917. The minimum Gasteiger partial charge on any atom is -0.444 e. The van der Waals surface area contributed by atoms with Crippen LogP contribution >= 0.6 is 0 Å². The Labute approximate surface area is 188 Å². The molecule has 3 fully saturated rings. The van der Waals surface area contributed by atoms with Crippen LogP contribution in [-0.2, 0) is 9.53 Å². The molecule has 2 heterocycles. The van der Waals surface area contributed by atoms with Gasteiger partial charge in [0.25, 0.3) is 0 Å². The molecule has 0 spiro atoms. The summed E-state index contributed by atoms with van der Waals surface area (Å²) >= 11 is 0. The highest BCUT2D eigenvalue weighted by atomic mass is 16.6. The van der Waals surface area contributed by atoms with Gasteiger partial charge in [-0.3, -0.25) is 9.69 Å². The molecular weight excluding hydrogens is 392 g/mol. The molecule has 2 saturated heterocycles. The Bertz CT molecular complexity index is 584. The van der Waals surface area contributed by atoms with Crippen LogP contribution in [0.25, 0.3) is 0 Å². The maximum absolute atomic E-state index is 13.4. The van der Waals surface area contributed by atoms with E-state index in [0.29, 0.717) is 12.0 Å². The van der Waals surface area contributed by atoms with Gasteiger partial charge in [-0.2, -0.15) is 0 Å². The minimum atomic E-state index is -0.567. The Kier molecular flexibility index (Phi) is 8.62. The number of piperidine rings is 1. The molecular formula is C24H44N4O3. The highest BCUT2D eigenvalue weighted by Gasteiger charge is 2.34. The smallest absolute Gasteiger partial charge is 0.408 e. The standard InChI is InChI=1S/C24H44N4O3/c1-24(2,3)31-23(30)25-21(18-19-8-6-5-7-9-19)22(29)28-16-14-27(15-17-28)20-10-12-26(4)13-11-20/h19-21H,5-18H2,1-4H3,(H,25,30)/t21-/m1/s1. The average molecular weight is 437 g/mol. The second-order valence-electron chi connectivity index (χ2n) is 10.8. The average Bonchev–Trinajstić information content (AvgIpc) is 2.73. The summed E-state index contributed by atoms with van der Waals surface area (Å²) in [5.74, 6) is 0.581. The Morgan fingerprint density at radius 1 is 0.935 bits per heavy atom. The molecule has 7 nitrogen and oxygen atoms in total. The summed E-state index contributed by atoms with van der Waals surface area (Å²) in [7, 11) is 2.19. The van der Waals surface area contributed by atoms with E-state index in [1.54, 1.807) is 0 Å². The Balaban J connectivity index is 1.56. The second-order valence-corrected chi connectivity index (χ2v) is 10.8. The van der Waals surface area contributed by atoms with Crippen molar-refractivity contribution >= 4 is 12.0 Å². The van der Waals surface area contributed by atoms with E-state index in [9.17, 15) is 9.59 Å². The molecule has 1 atom stereocenters. The molecule has 3 rings (SSSR count). The van der Waals surface area contributed by atoms with Crippen molar-refractivity contribution in [2.24, 2.45) is 5.92 Å². The highest BCUT2D eigenvalue weighted by Crippen LogP contribution is 2.28. The third kappa shape index (κ3) is 7.63. The molecule has 1 N–H and O–H groups in total. The number of piperazine rings is 1. The Morgan fingerprint density at radius 3 is 2.13 bits per heavy atom. The first kappa shape index (κ1) is 24.3. The zero-order valence-corrected chi connectivity index (χ0v) is 20.2. The number of nitrogens with one attached hydrogen (secondary N) is 1. The molecule has 0 bridgehead atoms. The Morgan fingerprint density at radius 2 is 1.55 bits per heavy atom. The molecule has 0 aromatic rings. The predicted molar refractivity (Wildman–Crippen MR) is 123 cm³/mol. The van der Waals surface area contributed by atoms with Gasteiger partial charge in [-0.25, -0.2) is 4.79 Å². The van der Waals surface area contributed by atoms with Crippen molar-refractivity contribution in [1.82, 2.24) is 20.0 Å². The normalized spacial score (nSPS) is 24.1. The number of nitrogens with zero attached hydrogens (tertiary/aromatic N) is 3. The number of likely N-dealkylation sites (tertiary alicyclic amines) is 1. The fourth-order valence-corrected chi connectivity index (χ4v) is 5.32. The summed E-state index contributed by atoms with van der Waals surface area (Å²) in [6.45, 7) is 11.3. The van der Waals surface area contributed by atoms with Crippen molar-refractivity contribution in [2.45, 2.75) is 89.8 Å². The first-order valence-electron chi connectivity index (χ1n) is 12.4. The lowest BCUT2D eigenvalue weighted by atomic mass is 9.84. The summed E-state index contributed by atoms with van der Waals surface area (Å²) in [5, 5.41) is 2.93. The van der Waals surface area contributed by atoms with Gasteiger partial charge in [-0.1, -0.05) is 32.1 Å². The monoisotopic (exact) mass is 436 g/mol. The van der Waals surface area contributed by atoms with E-state index in [-0.39, 0.29) is 5.91 Å². The van der Waals surface area contributed by atoms with Crippen LogP contribution in [0.2, 0.25) is 0 Å². The van der Waals surface area contributed by atoms with Gasteiger partial charge in [0, 0.05) is 32.2 Å². The van der Waals surface area contributed by atoms with Crippen LogP contribution in [0.5, 0.6) is 0 Å². The van der Waals surface area contributed by atoms with Gasteiger partial charge in [-0.15, -0.1) is 0 Å². The SMILES string of the molecule is CN1CCC(N2CCN(C(=O)[C@@H](CC3CCCCC3)NC(=O)OC(C)(C)C)CC2)CC1. The second kappa shape index (κ2) is 11.0. The number of carbonyl (C=O) groups excluding carboxylic acids is 2. The third-order valence-electron chi connectivity index (χ3n) is 7.11. The Hall–Kier alpha value is -1.34. The lowest BCUT2D eigenvalue weighted by Crippen LogP contribution is -2.58. The van der Waals surface area contributed by atoms with Gasteiger partial charge in [0.05, 0.1) is 0 Å². The molecule has 31 heavy (non-hydrogen) atoms. The van der Waals surface area contributed by atoms with E-state index in [1.807, 2.05) is 25.7 Å². The highest BCUT2D eigenvalue weighted by molar-refractivity contribution is 5.85. The molecule has 0 aromatic carbocycles. The van der Waals surface area contributed by atoms with Crippen LogP contribution in [0.1, 0.15) is 72.1 Å². The van der Waals surface area contributed by atoms with Crippen molar-refractivity contribution in [3.05, 3.63) is 0 Å². The number of alkyl carbamates (subject to hydrolysis) is 1. The first-order valence-corrected chi connectivity index (χ1v) is 12.4. The van der Waals surface area contributed by atoms with Crippen molar-refractivity contribution < 1.29 is 14.3 Å². The lowest BCUT2D eigenvalue weighted by Gasteiger charge is -2.43. The fourth-order valence-electron chi connectivity index (χ4n) is 5.32. The first-order chi connectivity index (χ1) is 14.7. The van der Waals surface area contributed by atoms with E-state index in [1.165, 1.54) is 32.1 Å². The van der Waals surface area contributed by atoms with Crippen molar-refractivity contribution in [2.75, 3.05) is 46.3 Å². The maximum atomic E-state index is 13.4. The molecule has 2 amide bonds. The van der Waals surface area contributed by atoms with Crippen LogP contribution in [0.15, 0.2) is 0 Å². The predicted octanol–water partition coefficient (Wildman–Crippen LogP) is 3.09. The van der Waals surface area contributed by atoms with Crippen LogP contribution in [0, 0.1) is 5.92 Å². The summed E-state index contributed by atoms with van der Waals surface area (Å²) in [4.78, 5) is 32.8. The zero-order chi connectivity index (χ0) is 22.4. The summed E-state index contributed by atoms with van der Waals surface area (Å²) in [6, 6.07) is 0.166. The van der Waals surface area contributed by atoms with E-state index in [0.717, 1.165) is 58.5 Å². The topological polar surface area (TPSA) is 65.1 Å². The van der Waals surface area contributed by atoms with Gasteiger partial charge in [0.2, 0.25) is 5.91 Å². The molecule has 3 aliphatic rings. The van der Waals surface area contributed by atoms with Crippen LogP contribution < -0.4 is 5.32 Å². The summed E-state index contributed by atoms with van der Waals surface area (Å²) in [6.07, 6.45) is 8.74. The number of amides is 2. The lowest BCUT2D eigenvalue weighted by molar-refractivity contribution is -0.136. The third-order valence-corrected chi connectivity index (χ3v) is 7.11. The van der Waals surface area contributed by atoms with Crippen molar-refractivity contribution in [3.63, 3.8) is 0 Å². The zero-order valence-electron chi connectivity index (χ0n) is 20.2. The number of rotatable bonds is 5. The van der Waals surface area contributed by atoms with Crippen LogP contribution in [0.3, 0.4) is 0 Å². The van der Waals surface area contributed by atoms with Gasteiger partial charge >= 0.3 is 6.09 Å². The van der Waals surface area contributed by atoms with Gasteiger partial charge < -0.3 is 19.9 Å². The summed E-state index contributed by atoms with van der Waals surface area (Å²) < 4.78 is 5.47. The van der Waals surface area contributed by atoms with Crippen molar-refractivity contribution in [3.8, 4) is 0 Å². The van der Waals surface area contributed by atoms with Crippen LogP contribution in [0.4, 0.5) is 4.79 Å². The molecule has 178 valence electrons. The van der Waals surface area contributed by atoms with Crippen molar-refractivity contribution in [1.29, 1.82) is 0 Å². The largest absolute Gasteiger partial charge is 0.444 e. The molecule has 0 radical (unpaired) electrons. The number of carbonyl (C=O) groups is 2. The molecule has 0 unspecified atom stereocenters. The quantitative estimate of drug-likeness (QED) is 0.717. The van der Waals surface area contributed by atoms with Gasteiger partial charge in [0.1, 0.15) is 11.6 Å². The minimum absolute atomic E-state index is 0.0689. The summed E-state index contributed by atoms with van der Waals surface area (Å²) in [5.41, 5.74) is -0.567. The number of hydrogen-bond donors (Lipinski definition) is 1. The van der Waals surface area contributed by atoms with E-state index in [4.69, 9.17) is 4.74 Å². The van der Waals surface area contributed by atoms with Gasteiger partial charge in [-0.05, 0) is 66.1 Å². The van der Waals surface area contributed by atoms with E-state index in [2.05, 4.69) is 22.2 Å². The molecule has 7 heteroatoms. The molecule has 0 aromatic heterocycles. The van der Waals surface area contributed by atoms with E-state index >= 15 is 0 Å². The maximum Gasteiger partial charge on any atom is 0.408 e. The van der Waals surface area contributed by atoms with Crippen LogP contribution in [-0.4, -0.2) is 90.7 Å². The molecule has 1 saturated carbocycles. The number of ether oxygens (including phenoxy) is 1. The molecule has 1 aliphatic carbocycles. The van der Waals surface area contributed by atoms with E-state index < -0.39 is 17.7 Å². The van der Waals surface area contributed by atoms with Gasteiger partial charge in [0.15, 0.2) is 0 Å².